The summed E-state index contributed by atoms with van der Waals surface area (Å²) in [5.41, 5.74) is -0.423. The maximum absolute atomic E-state index is 11.6. The van der Waals surface area contributed by atoms with Crippen LogP contribution in [0.25, 0.3) is 0 Å². The summed E-state index contributed by atoms with van der Waals surface area (Å²) < 4.78 is 17.0. The summed E-state index contributed by atoms with van der Waals surface area (Å²) in [4.78, 5) is 22.8. The molecule has 2 atom stereocenters. The number of nitrogens with one attached hydrogen (secondary N) is 1. The van der Waals surface area contributed by atoms with Crippen molar-refractivity contribution in [1.29, 1.82) is 0 Å². The highest BCUT2D eigenvalue weighted by atomic mass is 16.7. The monoisotopic (exact) mass is 357 g/mol. The first-order valence-corrected chi connectivity index (χ1v) is 8.84. The van der Waals surface area contributed by atoms with Gasteiger partial charge >= 0.3 is 5.97 Å². The Morgan fingerprint density at radius 1 is 1.44 bits per heavy atom. The zero-order chi connectivity index (χ0) is 18.7. The van der Waals surface area contributed by atoms with Gasteiger partial charge in [-0.15, -0.1) is 6.58 Å². The van der Waals surface area contributed by atoms with Crippen LogP contribution in [-0.4, -0.2) is 54.7 Å². The second-order valence-electron chi connectivity index (χ2n) is 6.78. The zero-order valence-electron chi connectivity index (χ0n) is 15.3. The number of hydrogen-bond acceptors (Lipinski definition) is 5. The molecule has 0 aromatic rings. The highest BCUT2D eigenvalue weighted by Gasteiger charge is 2.26. The number of rotatable bonds is 12. The van der Waals surface area contributed by atoms with Gasteiger partial charge in [-0.1, -0.05) is 6.08 Å². The summed E-state index contributed by atoms with van der Waals surface area (Å²) in [5, 5.41) is 11.6. The minimum absolute atomic E-state index is 0.0782. The van der Waals surface area contributed by atoms with Gasteiger partial charge in [-0.2, -0.15) is 0 Å². The minimum atomic E-state index is -1.11. The van der Waals surface area contributed by atoms with E-state index in [1.165, 1.54) is 0 Å². The lowest BCUT2D eigenvalue weighted by molar-refractivity contribution is -0.219. The van der Waals surface area contributed by atoms with Gasteiger partial charge in [-0.25, -0.2) is 4.79 Å². The predicted molar refractivity (Wildman–Crippen MR) is 93.2 cm³/mol. The van der Waals surface area contributed by atoms with Crippen molar-refractivity contribution < 1.29 is 28.9 Å². The van der Waals surface area contributed by atoms with Crippen molar-refractivity contribution >= 4 is 11.9 Å². The Bertz CT molecular complexity index is 431. The average molecular weight is 357 g/mol. The first-order chi connectivity index (χ1) is 11.8. The van der Waals surface area contributed by atoms with Crippen LogP contribution in [0.5, 0.6) is 0 Å². The first-order valence-electron chi connectivity index (χ1n) is 8.84. The Morgan fingerprint density at radius 3 is 2.80 bits per heavy atom. The first kappa shape index (κ1) is 21.6. The summed E-state index contributed by atoms with van der Waals surface area (Å²) in [6.45, 7) is 8.43. The normalized spacial score (nSPS) is 19.2. The molecule has 0 spiro atoms. The lowest BCUT2D eigenvalue weighted by Crippen LogP contribution is -2.44. The standard InChI is InChI=1S/C18H31NO6/c1-4-5-8-15(20)19-14(17(21)22)13-23-12-10-18(2,3)25-16-9-6-7-11-24-16/h4,14,16H,1,5-13H2,2-3H3,(H,19,20)(H,21,22)/t14-,16?/m0/s1. The fraction of sp³-hybridized carbons (Fsp3) is 0.778. The molecule has 7 nitrogen and oxygen atoms in total. The molecule has 1 unspecified atom stereocenters. The molecule has 1 aliphatic rings. The summed E-state index contributed by atoms with van der Waals surface area (Å²) in [5.74, 6) is -1.44. The fourth-order valence-corrected chi connectivity index (χ4v) is 2.41. The molecule has 1 aliphatic heterocycles. The quantitative estimate of drug-likeness (QED) is 0.411. The Kier molecular flexibility index (Phi) is 9.70. The molecular formula is C18H31NO6. The highest BCUT2D eigenvalue weighted by molar-refractivity contribution is 5.83. The summed E-state index contributed by atoms with van der Waals surface area (Å²) in [7, 11) is 0. The third-order valence-corrected chi connectivity index (χ3v) is 3.93. The van der Waals surface area contributed by atoms with Gasteiger partial charge in [-0.3, -0.25) is 4.79 Å². The number of carboxylic acid groups (broad SMARTS) is 1. The molecule has 0 saturated carbocycles. The maximum Gasteiger partial charge on any atom is 0.328 e. The smallest absolute Gasteiger partial charge is 0.328 e. The zero-order valence-corrected chi connectivity index (χ0v) is 15.3. The number of carbonyl (C=O) groups is 2. The van der Waals surface area contributed by atoms with E-state index >= 15 is 0 Å². The van der Waals surface area contributed by atoms with Crippen LogP contribution in [0.15, 0.2) is 12.7 Å². The van der Waals surface area contributed by atoms with E-state index in [2.05, 4.69) is 11.9 Å². The largest absolute Gasteiger partial charge is 0.480 e. The second-order valence-corrected chi connectivity index (χ2v) is 6.78. The van der Waals surface area contributed by atoms with E-state index in [1.54, 1.807) is 6.08 Å². The van der Waals surface area contributed by atoms with Crippen molar-refractivity contribution in [1.82, 2.24) is 5.32 Å². The third-order valence-electron chi connectivity index (χ3n) is 3.93. The van der Waals surface area contributed by atoms with Crippen molar-refractivity contribution in [3.05, 3.63) is 12.7 Å². The van der Waals surface area contributed by atoms with E-state index in [0.717, 1.165) is 25.9 Å². The van der Waals surface area contributed by atoms with Gasteiger partial charge in [0.25, 0.3) is 0 Å². The van der Waals surface area contributed by atoms with Gasteiger partial charge < -0.3 is 24.6 Å². The molecule has 0 aliphatic carbocycles. The number of allylic oxidation sites excluding steroid dienone is 1. The van der Waals surface area contributed by atoms with Gasteiger partial charge in [0.15, 0.2) is 12.3 Å². The van der Waals surface area contributed by atoms with Crippen LogP contribution in [0, 0.1) is 0 Å². The van der Waals surface area contributed by atoms with Crippen molar-refractivity contribution in [2.24, 2.45) is 0 Å². The van der Waals surface area contributed by atoms with Crippen LogP contribution >= 0.6 is 0 Å². The Hall–Kier alpha value is -1.44. The maximum atomic E-state index is 11.6. The van der Waals surface area contributed by atoms with Gasteiger partial charge in [0.1, 0.15) is 0 Å². The number of amides is 1. The predicted octanol–water partition coefficient (Wildman–Crippen LogP) is 2.25. The molecule has 144 valence electrons. The molecule has 1 amide bonds. The molecule has 0 aromatic heterocycles. The average Bonchev–Trinajstić information content (AvgIpc) is 2.56. The number of hydrogen-bond donors (Lipinski definition) is 2. The van der Waals surface area contributed by atoms with E-state index in [-0.39, 0.29) is 25.2 Å². The molecule has 1 saturated heterocycles. The van der Waals surface area contributed by atoms with Crippen LogP contribution < -0.4 is 5.32 Å². The lowest BCUT2D eigenvalue weighted by Gasteiger charge is -2.32. The molecule has 2 N–H and O–H groups in total. The van der Waals surface area contributed by atoms with Crippen LogP contribution in [0.1, 0.15) is 52.4 Å². The van der Waals surface area contributed by atoms with Crippen molar-refractivity contribution in [3.8, 4) is 0 Å². The third kappa shape index (κ3) is 9.57. The fourth-order valence-electron chi connectivity index (χ4n) is 2.41. The molecule has 1 fully saturated rings. The Labute approximate surface area is 149 Å². The van der Waals surface area contributed by atoms with Gasteiger partial charge in [0, 0.05) is 19.6 Å². The van der Waals surface area contributed by atoms with Gasteiger partial charge in [-0.05, 0) is 46.0 Å². The van der Waals surface area contributed by atoms with Crippen molar-refractivity contribution in [3.63, 3.8) is 0 Å². The molecule has 0 aromatic carbocycles. The van der Waals surface area contributed by atoms with E-state index < -0.39 is 17.6 Å². The molecular weight excluding hydrogens is 326 g/mol. The van der Waals surface area contributed by atoms with E-state index in [0.29, 0.717) is 19.4 Å². The molecule has 0 radical (unpaired) electrons. The molecule has 1 rings (SSSR count). The lowest BCUT2D eigenvalue weighted by atomic mass is 10.1. The number of carboxylic acids is 1. The summed E-state index contributed by atoms with van der Waals surface area (Å²) in [6, 6.07) is -1.05. The Balaban J connectivity index is 2.28. The van der Waals surface area contributed by atoms with Crippen molar-refractivity contribution in [2.45, 2.75) is 70.3 Å². The van der Waals surface area contributed by atoms with E-state index in [9.17, 15) is 9.59 Å². The SMILES string of the molecule is C=CCCC(=O)N[C@@H](COCCC(C)(C)OC1CCCCO1)C(=O)O. The molecule has 1 heterocycles. The molecule has 7 heteroatoms. The number of carbonyl (C=O) groups excluding carboxylic acids is 1. The van der Waals surface area contributed by atoms with E-state index in [1.807, 2.05) is 13.8 Å². The second kappa shape index (κ2) is 11.2. The van der Waals surface area contributed by atoms with Crippen LogP contribution in [0.4, 0.5) is 0 Å². The summed E-state index contributed by atoms with van der Waals surface area (Å²) >= 11 is 0. The minimum Gasteiger partial charge on any atom is -0.480 e. The molecule has 25 heavy (non-hydrogen) atoms. The van der Waals surface area contributed by atoms with E-state index in [4.69, 9.17) is 19.3 Å². The highest BCUT2D eigenvalue weighted by Crippen LogP contribution is 2.23. The Morgan fingerprint density at radius 2 is 2.20 bits per heavy atom. The number of aliphatic carboxylic acids is 1. The van der Waals surface area contributed by atoms with Crippen LogP contribution in [0.2, 0.25) is 0 Å². The molecule has 0 bridgehead atoms. The van der Waals surface area contributed by atoms with Crippen LogP contribution in [-0.2, 0) is 23.8 Å². The topological polar surface area (TPSA) is 94.1 Å². The van der Waals surface area contributed by atoms with Gasteiger partial charge in [0.2, 0.25) is 5.91 Å². The van der Waals surface area contributed by atoms with Crippen molar-refractivity contribution in [2.75, 3.05) is 19.8 Å². The van der Waals surface area contributed by atoms with Gasteiger partial charge in [0.05, 0.1) is 12.2 Å². The number of ether oxygens (including phenoxy) is 3. The summed E-state index contributed by atoms with van der Waals surface area (Å²) in [6.07, 6.45) is 5.82. The van der Waals surface area contributed by atoms with Crippen LogP contribution in [0.3, 0.4) is 0 Å².